The van der Waals surface area contributed by atoms with Crippen molar-refractivity contribution in [3.05, 3.63) is 89.6 Å². The van der Waals surface area contributed by atoms with Crippen LogP contribution in [0.4, 0.5) is 0 Å². The van der Waals surface area contributed by atoms with E-state index >= 15 is 0 Å². The van der Waals surface area contributed by atoms with Gasteiger partial charge in [-0.3, -0.25) is 0 Å². The Labute approximate surface area is 150 Å². The second-order valence-electron chi connectivity index (χ2n) is 7.09. The number of benzene rings is 3. The van der Waals surface area contributed by atoms with E-state index in [0.717, 1.165) is 17.6 Å². The molecule has 6 rings (SSSR count). The monoisotopic (exact) mass is 335 g/mol. The Hall–Kier alpha value is -3.26. The number of nitrogens with one attached hydrogen (secondary N) is 1. The summed E-state index contributed by atoms with van der Waals surface area (Å²) in [4.78, 5) is 3.54. The quantitative estimate of drug-likeness (QED) is 0.376. The zero-order valence-corrected chi connectivity index (χ0v) is 14.2. The molecule has 0 aliphatic heterocycles. The highest BCUT2D eigenvalue weighted by atomic mass is 16.3. The third kappa shape index (κ3) is 1.93. The maximum atomic E-state index is 5.97. The summed E-state index contributed by atoms with van der Waals surface area (Å²) in [5.74, 6) is 0.389. The Kier molecular flexibility index (Phi) is 2.75. The number of rotatable bonds is 1. The molecule has 0 spiro atoms. The highest BCUT2D eigenvalue weighted by Crippen LogP contribution is 2.37. The van der Waals surface area contributed by atoms with Crippen LogP contribution in [0, 0.1) is 0 Å². The molecule has 3 aromatic carbocycles. The number of hydrogen-bond donors (Lipinski definition) is 1. The van der Waals surface area contributed by atoms with Crippen molar-refractivity contribution in [3.8, 4) is 0 Å². The lowest BCUT2D eigenvalue weighted by Crippen LogP contribution is -2.04. The van der Waals surface area contributed by atoms with E-state index in [0.29, 0.717) is 5.92 Å². The maximum Gasteiger partial charge on any atom is 0.135 e. The van der Waals surface area contributed by atoms with Crippen LogP contribution < -0.4 is 0 Å². The first-order valence-electron chi connectivity index (χ1n) is 9.06. The van der Waals surface area contributed by atoms with Crippen LogP contribution in [0.5, 0.6) is 0 Å². The summed E-state index contributed by atoms with van der Waals surface area (Å²) in [5.41, 5.74) is 7.15. The predicted molar refractivity (Wildman–Crippen MR) is 107 cm³/mol. The summed E-state index contributed by atoms with van der Waals surface area (Å²) in [6, 6.07) is 23.5. The van der Waals surface area contributed by atoms with E-state index in [9.17, 15) is 0 Å². The SMILES string of the molecule is C1=CC(c2ccc3oc4ccccc4c3c2)Cc2c1[nH]c1ccccc21. The van der Waals surface area contributed by atoms with Crippen LogP contribution >= 0.6 is 0 Å². The van der Waals surface area contributed by atoms with Crippen LogP contribution in [0.1, 0.15) is 22.7 Å². The molecule has 2 heteroatoms. The molecule has 0 fully saturated rings. The zero-order valence-electron chi connectivity index (χ0n) is 14.2. The van der Waals surface area contributed by atoms with Gasteiger partial charge in [-0.15, -0.1) is 0 Å². The first-order chi connectivity index (χ1) is 12.9. The molecular weight excluding hydrogens is 318 g/mol. The summed E-state index contributed by atoms with van der Waals surface area (Å²) < 4.78 is 5.97. The molecule has 0 saturated carbocycles. The van der Waals surface area contributed by atoms with Gasteiger partial charge in [-0.25, -0.2) is 0 Å². The summed E-state index contributed by atoms with van der Waals surface area (Å²) in [6.45, 7) is 0. The summed E-state index contributed by atoms with van der Waals surface area (Å²) in [6.07, 6.45) is 5.58. The fourth-order valence-electron chi connectivity index (χ4n) is 4.29. The average Bonchev–Trinajstić information content (AvgIpc) is 3.25. The second-order valence-corrected chi connectivity index (χ2v) is 7.09. The van der Waals surface area contributed by atoms with Crippen molar-refractivity contribution in [2.24, 2.45) is 0 Å². The number of aromatic amines is 1. The van der Waals surface area contributed by atoms with E-state index < -0.39 is 0 Å². The second kappa shape index (κ2) is 5.12. The minimum absolute atomic E-state index is 0.389. The molecule has 0 amide bonds. The molecule has 26 heavy (non-hydrogen) atoms. The summed E-state index contributed by atoms with van der Waals surface area (Å²) >= 11 is 0. The van der Waals surface area contributed by atoms with Crippen LogP contribution in [-0.4, -0.2) is 4.98 Å². The van der Waals surface area contributed by atoms with E-state index in [1.54, 1.807) is 0 Å². The lowest BCUT2D eigenvalue weighted by Gasteiger charge is -2.18. The molecule has 1 aliphatic carbocycles. The third-order valence-corrected chi connectivity index (χ3v) is 5.59. The molecular formula is C24H17NO. The Morgan fingerprint density at radius 2 is 1.62 bits per heavy atom. The van der Waals surface area contributed by atoms with E-state index in [4.69, 9.17) is 4.42 Å². The molecule has 1 unspecified atom stereocenters. The van der Waals surface area contributed by atoms with Gasteiger partial charge in [-0.1, -0.05) is 48.5 Å². The van der Waals surface area contributed by atoms with Crippen LogP contribution in [-0.2, 0) is 6.42 Å². The van der Waals surface area contributed by atoms with Crippen molar-refractivity contribution >= 4 is 38.9 Å². The van der Waals surface area contributed by atoms with Crippen LogP contribution in [0.2, 0.25) is 0 Å². The third-order valence-electron chi connectivity index (χ3n) is 5.59. The van der Waals surface area contributed by atoms with Crippen LogP contribution in [0.15, 0.2) is 77.2 Å². The normalized spacial score (nSPS) is 16.5. The molecule has 1 atom stereocenters. The molecule has 0 bridgehead atoms. The van der Waals surface area contributed by atoms with Crippen molar-refractivity contribution in [3.63, 3.8) is 0 Å². The maximum absolute atomic E-state index is 5.97. The van der Waals surface area contributed by atoms with Crippen molar-refractivity contribution < 1.29 is 4.42 Å². The highest BCUT2D eigenvalue weighted by Gasteiger charge is 2.20. The number of H-pyrrole nitrogens is 1. The molecule has 1 N–H and O–H groups in total. The van der Waals surface area contributed by atoms with Crippen molar-refractivity contribution in [1.82, 2.24) is 4.98 Å². The van der Waals surface area contributed by atoms with Gasteiger partial charge < -0.3 is 9.40 Å². The topological polar surface area (TPSA) is 28.9 Å². The molecule has 1 aliphatic rings. The van der Waals surface area contributed by atoms with Gasteiger partial charge in [-0.2, -0.15) is 0 Å². The van der Waals surface area contributed by atoms with Gasteiger partial charge in [0.2, 0.25) is 0 Å². The van der Waals surface area contributed by atoms with Gasteiger partial charge in [0.15, 0.2) is 0 Å². The largest absolute Gasteiger partial charge is 0.456 e. The molecule has 2 aromatic heterocycles. The van der Waals surface area contributed by atoms with Gasteiger partial charge >= 0.3 is 0 Å². The van der Waals surface area contributed by atoms with Crippen LogP contribution in [0.3, 0.4) is 0 Å². The lowest BCUT2D eigenvalue weighted by atomic mass is 9.86. The lowest BCUT2D eigenvalue weighted by molar-refractivity contribution is 0.668. The molecule has 5 aromatic rings. The average molecular weight is 335 g/mol. The first-order valence-corrected chi connectivity index (χ1v) is 9.06. The fourth-order valence-corrected chi connectivity index (χ4v) is 4.29. The van der Waals surface area contributed by atoms with E-state index in [-0.39, 0.29) is 0 Å². The standard InChI is InChI=1S/C24H17NO/c1-3-7-21-17(5-1)19-13-15(9-11-22(19)25-21)16-10-12-24-20(14-16)18-6-2-4-8-23(18)26-24/h1-12,14-15,25H,13H2. The smallest absolute Gasteiger partial charge is 0.135 e. The molecule has 2 heterocycles. The predicted octanol–water partition coefficient (Wildman–Crippen LogP) is 6.42. The van der Waals surface area contributed by atoms with Crippen LogP contribution in [0.25, 0.3) is 38.9 Å². The molecule has 124 valence electrons. The Bertz CT molecular complexity index is 1320. The molecule has 0 saturated heterocycles. The number of hydrogen-bond acceptors (Lipinski definition) is 1. The number of fused-ring (bicyclic) bond motifs is 6. The van der Waals surface area contributed by atoms with E-state index in [2.05, 4.69) is 71.7 Å². The summed E-state index contributed by atoms with van der Waals surface area (Å²) in [7, 11) is 0. The van der Waals surface area contributed by atoms with Gasteiger partial charge in [0.1, 0.15) is 11.2 Å². The molecule has 2 nitrogen and oxygen atoms in total. The van der Waals surface area contributed by atoms with Gasteiger partial charge in [0.25, 0.3) is 0 Å². The van der Waals surface area contributed by atoms with Gasteiger partial charge in [0, 0.05) is 33.3 Å². The van der Waals surface area contributed by atoms with Gasteiger partial charge in [-0.05, 0) is 47.9 Å². The highest BCUT2D eigenvalue weighted by molar-refractivity contribution is 6.05. The van der Waals surface area contributed by atoms with Crippen molar-refractivity contribution in [2.45, 2.75) is 12.3 Å². The number of para-hydroxylation sites is 2. The Morgan fingerprint density at radius 1 is 0.808 bits per heavy atom. The minimum Gasteiger partial charge on any atom is -0.456 e. The van der Waals surface area contributed by atoms with Crippen molar-refractivity contribution in [2.75, 3.05) is 0 Å². The van der Waals surface area contributed by atoms with E-state index in [1.165, 1.54) is 38.5 Å². The first kappa shape index (κ1) is 14.0. The number of aromatic nitrogens is 1. The minimum atomic E-state index is 0.389. The molecule has 0 radical (unpaired) electrons. The fraction of sp³-hybridized carbons (Fsp3) is 0.0833. The van der Waals surface area contributed by atoms with Crippen molar-refractivity contribution in [1.29, 1.82) is 0 Å². The Morgan fingerprint density at radius 3 is 2.58 bits per heavy atom. The zero-order chi connectivity index (χ0) is 17.1. The summed E-state index contributed by atoms with van der Waals surface area (Å²) in [5, 5.41) is 3.74. The van der Waals surface area contributed by atoms with Gasteiger partial charge in [0.05, 0.1) is 0 Å². The van der Waals surface area contributed by atoms with E-state index in [1.807, 2.05) is 12.1 Å². The number of furan rings is 1. The number of allylic oxidation sites excluding steroid dienone is 1. The Balaban J connectivity index is 1.48.